The number of nitrogens with two attached hydrogens (primary N) is 1. The highest BCUT2D eigenvalue weighted by Gasteiger charge is 2.38. The lowest BCUT2D eigenvalue weighted by atomic mass is 9.94. The topological polar surface area (TPSA) is 98.1 Å². The fourth-order valence-corrected chi connectivity index (χ4v) is 5.55. The van der Waals surface area contributed by atoms with Crippen molar-refractivity contribution < 1.29 is 13.6 Å². The molecule has 2 aromatic carbocycles. The van der Waals surface area contributed by atoms with Crippen LogP contribution in [0.25, 0.3) is 11.5 Å². The SMILES string of the molecule is Cc1cc(C(=O)N2C[C@@H](F)C[C@@H]2c2nc(C)cs2)cc(-c2nnc(C(C)(N)Cc3ccccc3)o2)c1. The van der Waals surface area contributed by atoms with Gasteiger partial charge in [0, 0.05) is 28.6 Å². The summed E-state index contributed by atoms with van der Waals surface area (Å²) < 4.78 is 20.4. The van der Waals surface area contributed by atoms with Crippen molar-refractivity contribution in [1.82, 2.24) is 20.1 Å². The summed E-state index contributed by atoms with van der Waals surface area (Å²) in [6.07, 6.45) is -0.303. The van der Waals surface area contributed by atoms with Crippen molar-refractivity contribution in [3.8, 4) is 11.5 Å². The van der Waals surface area contributed by atoms with Gasteiger partial charge in [0.2, 0.25) is 11.8 Å². The second kappa shape index (κ2) is 9.55. The van der Waals surface area contributed by atoms with Gasteiger partial charge in [-0.15, -0.1) is 21.5 Å². The summed E-state index contributed by atoms with van der Waals surface area (Å²) in [7, 11) is 0. The van der Waals surface area contributed by atoms with Gasteiger partial charge >= 0.3 is 0 Å². The standard InChI is InChI=1S/C27H28FN5O2S/c1-16-9-19(23-31-32-26(35-23)27(3,29)13-18-7-5-4-6-8-18)11-20(10-16)25(34)33-14-21(28)12-22(33)24-30-17(2)15-36-24/h4-11,15,21-22H,12-14,29H2,1-3H3/t21-,22+,27?/m0/s1. The molecule has 0 bridgehead atoms. The number of halogens is 1. The Bertz CT molecular complexity index is 1380. The van der Waals surface area contributed by atoms with Crippen LogP contribution in [0.1, 0.15) is 57.5 Å². The molecule has 1 amide bonds. The van der Waals surface area contributed by atoms with Crippen molar-refractivity contribution in [3.63, 3.8) is 0 Å². The summed E-state index contributed by atoms with van der Waals surface area (Å²) in [6.45, 7) is 5.68. The number of carbonyl (C=O) groups is 1. The Balaban J connectivity index is 1.41. The van der Waals surface area contributed by atoms with Crippen LogP contribution in [0, 0.1) is 13.8 Å². The molecular formula is C27H28FN5O2S. The summed E-state index contributed by atoms with van der Waals surface area (Å²) in [5.41, 5.74) is 9.52. The van der Waals surface area contributed by atoms with Gasteiger partial charge in [-0.25, -0.2) is 9.37 Å². The summed E-state index contributed by atoms with van der Waals surface area (Å²) in [4.78, 5) is 19.6. The molecule has 0 spiro atoms. The lowest BCUT2D eigenvalue weighted by molar-refractivity contribution is 0.0728. The van der Waals surface area contributed by atoms with Crippen LogP contribution >= 0.6 is 11.3 Å². The number of carbonyl (C=O) groups excluding carboxylic acids is 1. The van der Waals surface area contributed by atoms with E-state index < -0.39 is 11.7 Å². The van der Waals surface area contributed by atoms with Crippen LogP contribution in [0.15, 0.2) is 58.3 Å². The lowest BCUT2D eigenvalue weighted by Gasteiger charge is -2.23. The third-order valence-electron chi connectivity index (χ3n) is 6.33. The number of hydrogen-bond acceptors (Lipinski definition) is 7. The van der Waals surface area contributed by atoms with Crippen molar-refractivity contribution in [2.24, 2.45) is 5.73 Å². The van der Waals surface area contributed by atoms with Crippen molar-refractivity contribution in [3.05, 3.63) is 87.2 Å². The lowest BCUT2D eigenvalue weighted by Crippen LogP contribution is -2.35. The number of alkyl halides is 1. The Morgan fingerprint density at radius 1 is 1.22 bits per heavy atom. The van der Waals surface area contributed by atoms with E-state index in [1.54, 1.807) is 17.0 Å². The van der Waals surface area contributed by atoms with E-state index in [9.17, 15) is 9.18 Å². The van der Waals surface area contributed by atoms with Crippen LogP contribution in [0.4, 0.5) is 4.39 Å². The predicted octanol–water partition coefficient (Wildman–Crippen LogP) is 5.15. The third kappa shape index (κ3) is 4.94. The highest BCUT2D eigenvalue weighted by molar-refractivity contribution is 7.09. The smallest absolute Gasteiger partial charge is 0.254 e. The first-order valence-corrected chi connectivity index (χ1v) is 12.7. The number of aryl methyl sites for hydroxylation is 2. The molecule has 186 valence electrons. The molecule has 7 nitrogen and oxygen atoms in total. The third-order valence-corrected chi connectivity index (χ3v) is 7.40. The van der Waals surface area contributed by atoms with E-state index >= 15 is 0 Å². The summed E-state index contributed by atoms with van der Waals surface area (Å²) in [5.74, 6) is 0.351. The van der Waals surface area contributed by atoms with Crippen LogP contribution in [0.2, 0.25) is 0 Å². The minimum Gasteiger partial charge on any atom is -0.419 e. The van der Waals surface area contributed by atoms with Gasteiger partial charge in [-0.2, -0.15) is 0 Å². The van der Waals surface area contributed by atoms with Gasteiger partial charge in [0.05, 0.1) is 18.1 Å². The first kappa shape index (κ1) is 24.3. The molecule has 3 heterocycles. The zero-order valence-electron chi connectivity index (χ0n) is 20.4. The molecule has 4 aromatic rings. The van der Waals surface area contributed by atoms with Crippen molar-refractivity contribution >= 4 is 17.2 Å². The van der Waals surface area contributed by atoms with Crippen molar-refractivity contribution in [2.45, 2.75) is 51.4 Å². The largest absolute Gasteiger partial charge is 0.419 e. The number of nitrogens with zero attached hydrogens (tertiary/aromatic N) is 4. The van der Waals surface area contributed by atoms with E-state index in [0.717, 1.165) is 21.8 Å². The zero-order chi connectivity index (χ0) is 25.4. The summed E-state index contributed by atoms with van der Waals surface area (Å²) in [5, 5.41) is 11.1. The van der Waals surface area contributed by atoms with Crippen LogP contribution in [0.5, 0.6) is 0 Å². The average molecular weight is 506 g/mol. The molecule has 1 fully saturated rings. The molecular weight excluding hydrogens is 477 g/mol. The number of benzene rings is 2. The average Bonchev–Trinajstić information content (AvgIpc) is 3.58. The minimum atomic E-state index is -1.09. The summed E-state index contributed by atoms with van der Waals surface area (Å²) >= 11 is 1.46. The molecule has 0 aliphatic carbocycles. The molecule has 2 aromatic heterocycles. The van der Waals surface area contributed by atoms with E-state index in [4.69, 9.17) is 10.2 Å². The Morgan fingerprint density at radius 3 is 2.72 bits per heavy atom. The molecule has 36 heavy (non-hydrogen) atoms. The van der Waals surface area contributed by atoms with Crippen LogP contribution in [-0.2, 0) is 12.0 Å². The van der Waals surface area contributed by atoms with Crippen molar-refractivity contribution in [1.29, 1.82) is 0 Å². The van der Waals surface area contributed by atoms with E-state index in [1.807, 2.05) is 62.5 Å². The summed E-state index contributed by atoms with van der Waals surface area (Å²) in [6, 6.07) is 14.9. The molecule has 1 saturated heterocycles. The first-order chi connectivity index (χ1) is 17.2. The molecule has 2 N–H and O–H groups in total. The molecule has 0 saturated carbocycles. The molecule has 1 aliphatic rings. The molecule has 3 atom stereocenters. The number of likely N-dealkylation sites (tertiary alicyclic amines) is 1. The number of thiazole rings is 1. The van der Waals surface area contributed by atoms with Gasteiger partial charge < -0.3 is 15.1 Å². The normalized spacial score (nSPS) is 19.4. The van der Waals surface area contributed by atoms with Gasteiger partial charge in [-0.3, -0.25) is 4.79 Å². The quantitative estimate of drug-likeness (QED) is 0.389. The van der Waals surface area contributed by atoms with Gasteiger partial charge in [0.25, 0.3) is 5.91 Å². The fourth-order valence-electron chi connectivity index (χ4n) is 4.63. The van der Waals surface area contributed by atoms with Gasteiger partial charge in [-0.1, -0.05) is 30.3 Å². The molecule has 9 heteroatoms. The Kier molecular flexibility index (Phi) is 6.44. The van der Waals surface area contributed by atoms with Gasteiger partial charge in [0.15, 0.2) is 0 Å². The second-order valence-corrected chi connectivity index (χ2v) is 10.6. The number of hydrogen-bond donors (Lipinski definition) is 1. The minimum absolute atomic E-state index is 0.0428. The maximum absolute atomic E-state index is 14.4. The van der Waals surface area contributed by atoms with E-state index in [-0.39, 0.29) is 30.8 Å². The van der Waals surface area contributed by atoms with Crippen molar-refractivity contribution in [2.75, 3.05) is 6.54 Å². The second-order valence-electron chi connectivity index (χ2n) is 9.71. The van der Waals surface area contributed by atoms with Crippen LogP contribution in [-0.4, -0.2) is 38.7 Å². The number of aromatic nitrogens is 3. The molecule has 1 aliphatic heterocycles. The first-order valence-electron chi connectivity index (χ1n) is 11.9. The van der Waals surface area contributed by atoms with Gasteiger partial charge in [0.1, 0.15) is 11.2 Å². The highest BCUT2D eigenvalue weighted by Crippen LogP contribution is 2.37. The van der Waals surface area contributed by atoms with Crippen LogP contribution in [0.3, 0.4) is 0 Å². The molecule has 5 rings (SSSR count). The molecule has 1 unspecified atom stereocenters. The Morgan fingerprint density at radius 2 is 2.00 bits per heavy atom. The zero-order valence-corrected chi connectivity index (χ0v) is 21.3. The maximum Gasteiger partial charge on any atom is 0.254 e. The maximum atomic E-state index is 14.4. The monoisotopic (exact) mass is 505 g/mol. The van der Waals surface area contributed by atoms with Gasteiger partial charge in [-0.05, 0) is 56.5 Å². The predicted molar refractivity (Wildman–Crippen MR) is 136 cm³/mol. The van der Waals surface area contributed by atoms with Crippen LogP contribution < -0.4 is 5.73 Å². The Hall–Kier alpha value is -3.43. The number of amides is 1. The highest BCUT2D eigenvalue weighted by atomic mass is 32.1. The van der Waals surface area contributed by atoms with E-state index in [0.29, 0.717) is 23.4 Å². The fraction of sp³-hybridized carbons (Fsp3) is 0.333. The number of rotatable bonds is 6. The molecule has 0 radical (unpaired) electrons. The Labute approximate surface area is 213 Å². The van der Waals surface area contributed by atoms with E-state index in [1.165, 1.54) is 11.3 Å². The van der Waals surface area contributed by atoms with E-state index in [2.05, 4.69) is 15.2 Å².